The van der Waals surface area contributed by atoms with Gasteiger partial charge in [-0.25, -0.2) is 0 Å². The maximum atomic E-state index is 12.4. The van der Waals surface area contributed by atoms with Crippen molar-refractivity contribution in [3.8, 4) is 0 Å². The van der Waals surface area contributed by atoms with E-state index in [1.54, 1.807) is 31.2 Å². The second-order valence-electron chi connectivity index (χ2n) is 5.77. The van der Waals surface area contributed by atoms with E-state index in [1.165, 1.54) is 11.3 Å². The van der Waals surface area contributed by atoms with Crippen molar-refractivity contribution in [2.45, 2.75) is 20.4 Å². The minimum Gasteiger partial charge on any atom is -0.348 e. The number of anilines is 1. The summed E-state index contributed by atoms with van der Waals surface area (Å²) in [5, 5.41) is 14.3. The molecule has 7 heteroatoms. The molecule has 3 rings (SSSR count). The topological polar surface area (TPSA) is 84.0 Å². The predicted molar refractivity (Wildman–Crippen MR) is 101 cm³/mol. The summed E-state index contributed by atoms with van der Waals surface area (Å²) in [4.78, 5) is 24.5. The first-order valence-corrected chi connectivity index (χ1v) is 8.89. The average molecular weight is 366 g/mol. The van der Waals surface area contributed by atoms with E-state index in [0.29, 0.717) is 17.8 Å². The molecule has 0 saturated heterocycles. The van der Waals surface area contributed by atoms with Crippen molar-refractivity contribution in [3.63, 3.8) is 0 Å². The van der Waals surface area contributed by atoms with Crippen LogP contribution < -0.4 is 10.6 Å². The molecule has 2 N–H and O–H groups in total. The maximum Gasteiger partial charge on any atom is 0.286 e. The monoisotopic (exact) mass is 366 g/mol. The van der Waals surface area contributed by atoms with E-state index >= 15 is 0 Å². The van der Waals surface area contributed by atoms with Crippen molar-refractivity contribution in [1.29, 1.82) is 0 Å². The van der Waals surface area contributed by atoms with Crippen LogP contribution in [0, 0.1) is 13.8 Å². The zero-order valence-corrected chi connectivity index (χ0v) is 15.3. The van der Waals surface area contributed by atoms with Gasteiger partial charge < -0.3 is 10.6 Å². The van der Waals surface area contributed by atoms with E-state index in [4.69, 9.17) is 0 Å². The zero-order chi connectivity index (χ0) is 18.5. The van der Waals surface area contributed by atoms with Crippen LogP contribution in [0.15, 0.2) is 48.5 Å². The van der Waals surface area contributed by atoms with Crippen LogP contribution in [0.3, 0.4) is 0 Å². The molecule has 2 aromatic carbocycles. The second kappa shape index (κ2) is 7.88. The first-order valence-electron chi connectivity index (χ1n) is 8.07. The van der Waals surface area contributed by atoms with Crippen LogP contribution in [0.5, 0.6) is 0 Å². The molecule has 0 atom stereocenters. The number of nitrogens with zero attached hydrogens (tertiary/aromatic N) is 2. The summed E-state index contributed by atoms with van der Waals surface area (Å²) in [6.45, 7) is 4.24. The molecular weight excluding hydrogens is 348 g/mol. The standard InChI is InChI=1S/C19H18N4O2S/c1-12-6-3-4-7-15(12)11-20-17(24)14-8-5-9-16(10-14)21-18(25)19-23-22-13(2)26-19/h3-10H,11H2,1-2H3,(H,20,24)(H,21,25). The molecule has 6 nitrogen and oxygen atoms in total. The van der Waals surface area contributed by atoms with Gasteiger partial charge in [0, 0.05) is 17.8 Å². The fourth-order valence-electron chi connectivity index (χ4n) is 2.40. The van der Waals surface area contributed by atoms with Gasteiger partial charge in [-0.1, -0.05) is 41.7 Å². The Morgan fingerprint density at radius 3 is 2.54 bits per heavy atom. The largest absolute Gasteiger partial charge is 0.348 e. The van der Waals surface area contributed by atoms with Gasteiger partial charge in [0.1, 0.15) is 5.01 Å². The first-order chi connectivity index (χ1) is 12.5. The lowest BCUT2D eigenvalue weighted by Crippen LogP contribution is -2.23. The highest BCUT2D eigenvalue weighted by atomic mass is 32.1. The van der Waals surface area contributed by atoms with Gasteiger partial charge in [-0.3, -0.25) is 9.59 Å². The highest BCUT2D eigenvalue weighted by molar-refractivity contribution is 7.13. The van der Waals surface area contributed by atoms with Gasteiger partial charge in [0.15, 0.2) is 0 Å². The second-order valence-corrected chi connectivity index (χ2v) is 6.95. The van der Waals surface area contributed by atoms with Crippen molar-refractivity contribution in [3.05, 3.63) is 75.2 Å². The maximum absolute atomic E-state index is 12.4. The zero-order valence-electron chi connectivity index (χ0n) is 14.4. The summed E-state index contributed by atoms with van der Waals surface area (Å²) in [6.07, 6.45) is 0. The fourth-order valence-corrected chi connectivity index (χ4v) is 2.98. The molecule has 0 bridgehead atoms. The van der Waals surface area contributed by atoms with Gasteiger partial charge in [-0.05, 0) is 43.2 Å². The van der Waals surface area contributed by atoms with Crippen LogP contribution in [-0.2, 0) is 6.54 Å². The third-order valence-corrected chi connectivity index (χ3v) is 4.64. The van der Waals surface area contributed by atoms with Crippen LogP contribution in [0.1, 0.15) is 36.3 Å². The molecule has 132 valence electrons. The summed E-state index contributed by atoms with van der Waals surface area (Å²) in [5.74, 6) is -0.538. The third-order valence-electron chi connectivity index (χ3n) is 3.80. The van der Waals surface area contributed by atoms with E-state index < -0.39 is 0 Å². The summed E-state index contributed by atoms with van der Waals surface area (Å²) in [7, 11) is 0. The number of rotatable bonds is 5. The Bertz CT molecular complexity index is 952. The highest BCUT2D eigenvalue weighted by Crippen LogP contribution is 2.15. The van der Waals surface area contributed by atoms with Crippen molar-refractivity contribution in [2.24, 2.45) is 0 Å². The van der Waals surface area contributed by atoms with Crippen LogP contribution in [0.4, 0.5) is 5.69 Å². The minimum atomic E-state index is -0.340. The van der Waals surface area contributed by atoms with Crippen LogP contribution in [0.25, 0.3) is 0 Å². The molecule has 0 unspecified atom stereocenters. The van der Waals surface area contributed by atoms with E-state index in [1.807, 2.05) is 31.2 Å². The lowest BCUT2D eigenvalue weighted by Gasteiger charge is -2.09. The normalized spacial score (nSPS) is 10.4. The highest BCUT2D eigenvalue weighted by Gasteiger charge is 2.13. The van der Waals surface area contributed by atoms with Crippen molar-refractivity contribution in [1.82, 2.24) is 15.5 Å². The Balaban J connectivity index is 1.65. The molecule has 0 radical (unpaired) electrons. The molecule has 0 aliphatic heterocycles. The van der Waals surface area contributed by atoms with Gasteiger partial charge in [0.25, 0.3) is 11.8 Å². The Kier molecular flexibility index (Phi) is 5.38. The summed E-state index contributed by atoms with van der Waals surface area (Å²) < 4.78 is 0. The molecule has 0 saturated carbocycles. The lowest BCUT2D eigenvalue weighted by atomic mass is 10.1. The van der Waals surface area contributed by atoms with Crippen molar-refractivity contribution in [2.75, 3.05) is 5.32 Å². The fraction of sp³-hybridized carbons (Fsp3) is 0.158. The Hall–Kier alpha value is -3.06. The lowest BCUT2D eigenvalue weighted by molar-refractivity contribution is 0.0949. The van der Waals surface area contributed by atoms with Gasteiger partial charge in [-0.2, -0.15) is 0 Å². The van der Waals surface area contributed by atoms with Gasteiger partial charge in [0.2, 0.25) is 5.01 Å². The van der Waals surface area contributed by atoms with Crippen LogP contribution in [-0.4, -0.2) is 22.0 Å². The number of hydrogen-bond acceptors (Lipinski definition) is 5. The number of hydrogen-bond donors (Lipinski definition) is 2. The molecule has 2 amide bonds. The number of carbonyl (C=O) groups is 2. The van der Waals surface area contributed by atoms with E-state index in [0.717, 1.165) is 16.1 Å². The number of benzene rings is 2. The quantitative estimate of drug-likeness (QED) is 0.725. The molecule has 0 fully saturated rings. The Morgan fingerprint density at radius 1 is 1.00 bits per heavy atom. The Labute approximate surface area is 155 Å². The molecule has 0 aliphatic rings. The summed E-state index contributed by atoms with van der Waals surface area (Å²) in [6, 6.07) is 14.7. The summed E-state index contributed by atoms with van der Waals surface area (Å²) in [5.41, 5.74) is 3.20. The molecule has 0 spiro atoms. The molecule has 0 aliphatic carbocycles. The third kappa shape index (κ3) is 4.31. The first kappa shape index (κ1) is 17.8. The van der Waals surface area contributed by atoms with Crippen molar-refractivity contribution >= 4 is 28.8 Å². The van der Waals surface area contributed by atoms with Crippen LogP contribution >= 0.6 is 11.3 Å². The Morgan fingerprint density at radius 2 is 1.81 bits per heavy atom. The van der Waals surface area contributed by atoms with Gasteiger partial charge >= 0.3 is 0 Å². The van der Waals surface area contributed by atoms with E-state index in [9.17, 15) is 9.59 Å². The molecule has 3 aromatic rings. The molecule has 1 heterocycles. The SMILES string of the molecule is Cc1nnc(C(=O)Nc2cccc(C(=O)NCc3ccccc3C)c2)s1. The predicted octanol–water partition coefficient (Wildman–Crippen LogP) is 3.34. The average Bonchev–Trinajstić information content (AvgIpc) is 3.07. The van der Waals surface area contributed by atoms with Gasteiger partial charge in [0.05, 0.1) is 0 Å². The number of nitrogens with one attached hydrogen (secondary N) is 2. The van der Waals surface area contributed by atoms with Gasteiger partial charge in [-0.15, -0.1) is 10.2 Å². The van der Waals surface area contributed by atoms with E-state index in [-0.39, 0.29) is 16.8 Å². The molecule has 1 aromatic heterocycles. The molecule has 26 heavy (non-hydrogen) atoms. The van der Waals surface area contributed by atoms with Crippen LogP contribution in [0.2, 0.25) is 0 Å². The number of aromatic nitrogens is 2. The number of carbonyl (C=O) groups excluding carboxylic acids is 2. The number of aryl methyl sites for hydroxylation is 2. The van der Waals surface area contributed by atoms with Crippen molar-refractivity contribution < 1.29 is 9.59 Å². The minimum absolute atomic E-state index is 0.198. The smallest absolute Gasteiger partial charge is 0.286 e. The van der Waals surface area contributed by atoms with E-state index in [2.05, 4.69) is 20.8 Å². The number of amides is 2. The summed E-state index contributed by atoms with van der Waals surface area (Å²) >= 11 is 1.22. The molecular formula is C19H18N4O2S.